The standard InChI is InChI=1S/C18H24N4O2/c1-18(10-15(19)21(2)16(23)11-18)13-6-5-9-22(12-13)17(24)14-7-3-4-8-20-14/h3-4,7-8,13,19H,5-6,9-12H2,1-2H3/t13?,18-/m0/s1. The van der Waals surface area contributed by atoms with Crippen molar-refractivity contribution in [2.24, 2.45) is 11.3 Å². The molecule has 2 fully saturated rings. The van der Waals surface area contributed by atoms with Crippen molar-refractivity contribution in [3.8, 4) is 0 Å². The van der Waals surface area contributed by atoms with E-state index in [0.29, 0.717) is 30.9 Å². The number of rotatable bonds is 2. The van der Waals surface area contributed by atoms with Gasteiger partial charge in [0.15, 0.2) is 0 Å². The van der Waals surface area contributed by atoms with Crippen molar-refractivity contribution in [1.82, 2.24) is 14.8 Å². The van der Waals surface area contributed by atoms with Crippen molar-refractivity contribution in [3.63, 3.8) is 0 Å². The summed E-state index contributed by atoms with van der Waals surface area (Å²) in [6.45, 7) is 3.45. The summed E-state index contributed by atoms with van der Waals surface area (Å²) < 4.78 is 0. The number of amidine groups is 1. The normalized spacial score (nSPS) is 28.2. The molecule has 0 bridgehead atoms. The van der Waals surface area contributed by atoms with Crippen LogP contribution in [0.5, 0.6) is 0 Å². The minimum atomic E-state index is -0.246. The number of pyridine rings is 1. The van der Waals surface area contributed by atoms with Crippen molar-refractivity contribution in [2.75, 3.05) is 20.1 Å². The van der Waals surface area contributed by atoms with Gasteiger partial charge < -0.3 is 9.80 Å². The van der Waals surface area contributed by atoms with Gasteiger partial charge in [0, 0.05) is 39.2 Å². The monoisotopic (exact) mass is 328 g/mol. The SMILES string of the molecule is CN1C(=N)C[C@](C)(C2CCCN(C(=O)c3ccccn3)C2)CC1=O. The van der Waals surface area contributed by atoms with E-state index in [1.54, 1.807) is 25.4 Å². The van der Waals surface area contributed by atoms with Crippen molar-refractivity contribution >= 4 is 17.6 Å². The van der Waals surface area contributed by atoms with Crippen LogP contribution in [0.2, 0.25) is 0 Å². The fourth-order valence-electron chi connectivity index (χ4n) is 3.85. The molecular formula is C18H24N4O2. The molecule has 1 aromatic rings. The zero-order valence-corrected chi connectivity index (χ0v) is 14.3. The number of amides is 2. The molecule has 0 radical (unpaired) electrons. The molecule has 0 saturated carbocycles. The lowest BCUT2D eigenvalue weighted by molar-refractivity contribution is -0.131. The maximum atomic E-state index is 12.7. The van der Waals surface area contributed by atoms with Crippen LogP contribution >= 0.6 is 0 Å². The highest BCUT2D eigenvalue weighted by Gasteiger charge is 2.44. The van der Waals surface area contributed by atoms with Gasteiger partial charge in [0.05, 0.1) is 0 Å². The van der Waals surface area contributed by atoms with Crippen molar-refractivity contribution < 1.29 is 9.59 Å². The third-order valence-corrected chi connectivity index (χ3v) is 5.48. The van der Waals surface area contributed by atoms with Gasteiger partial charge in [-0.2, -0.15) is 0 Å². The highest BCUT2D eigenvalue weighted by molar-refractivity contribution is 5.99. The third kappa shape index (κ3) is 3.05. The van der Waals surface area contributed by atoms with E-state index < -0.39 is 0 Å². The number of carbonyl (C=O) groups excluding carboxylic acids is 2. The summed E-state index contributed by atoms with van der Waals surface area (Å²) in [6, 6.07) is 5.36. The lowest BCUT2D eigenvalue weighted by Crippen LogP contribution is -2.52. The van der Waals surface area contributed by atoms with Crippen LogP contribution in [0.25, 0.3) is 0 Å². The van der Waals surface area contributed by atoms with Crippen molar-refractivity contribution in [2.45, 2.75) is 32.6 Å². The van der Waals surface area contributed by atoms with Gasteiger partial charge in [-0.1, -0.05) is 13.0 Å². The van der Waals surface area contributed by atoms with Gasteiger partial charge in [-0.15, -0.1) is 0 Å². The molecule has 6 nitrogen and oxygen atoms in total. The van der Waals surface area contributed by atoms with Gasteiger partial charge in [-0.25, -0.2) is 0 Å². The molecule has 2 aliphatic heterocycles. The minimum absolute atomic E-state index is 0.00178. The van der Waals surface area contributed by atoms with Crippen LogP contribution in [0, 0.1) is 16.7 Å². The number of aromatic nitrogens is 1. The smallest absolute Gasteiger partial charge is 0.272 e. The Bertz CT molecular complexity index is 640. The average Bonchev–Trinajstić information content (AvgIpc) is 2.60. The number of hydrogen-bond donors (Lipinski definition) is 1. The van der Waals surface area contributed by atoms with Crippen LogP contribution in [0.1, 0.15) is 43.1 Å². The number of piperidine rings is 2. The Morgan fingerprint density at radius 2 is 2.17 bits per heavy atom. The molecule has 1 unspecified atom stereocenters. The van der Waals surface area contributed by atoms with E-state index in [0.717, 1.165) is 19.4 Å². The molecule has 2 amide bonds. The van der Waals surface area contributed by atoms with Gasteiger partial charge in [0.25, 0.3) is 5.91 Å². The molecule has 1 N–H and O–H groups in total. The minimum Gasteiger partial charge on any atom is -0.337 e. The van der Waals surface area contributed by atoms with E-state index in [9.17, 15) is 9.59 Å². The van der Waals surface area contributed by atoms with Crippen LogP contribution in [0.4, 0.5) is 0 Å². The van der Waals surface area contributed by atoms with Crippen LogP contribution in [0.15, 0.2) is 24.4 Å². The number of nitrogens with one attached hydrogen (secondary N) is 1. The molecule has 0 aromatic carbocycles. The van der Waals surface area contributed by atoms with Crippen LogP contribution < -0.4 is 0 Å². The number of nitrogens with zero attached hydrogens (tertiary/aromatic N) is 3. The Kier molecular flexibility index (Phi) is 4.39. The average molecular weight is 328 g/mol. The second-order valence-corrected chi connectivity index (χ2v) is 7.21. The maximum absolute atomic E-state index is 12.7. The Labute approximate surface area is 142 Å². The first-order valence-electron chi connectivity index (χ1n) is 8.45. The van der Waals surface area contributed by atoms with Gasteiger partial charge in [-0.3, -0.25) is 20.0 Å². The fourth-order valence-corrected chi connectivity index (χ4v) is 3.85. The summed E-state index contributed by atoms with van der Waals surface area (Å²) in [7, 11) is 1.67. The van der Waals surface area contributed by atoms with Crippen molar-refractivity contribution in [1.29, 1.82) is 5.41 Å². The summed E-state index contributed by atoms with van der Waals surface area (Å²) in [6.07, 6.45) is 4.59. The second kappa shape index (κ2) is 6.34. The van der Waals surface area contributed by atoms with Gasteiger partial charge >= 0.3 is 0 Å². The molecule has 2 aliphatic rings. The zero-order valence-electron chi connectivity index (χ0n) is 14.3. The molecule has 3 rings (SSSR count). The molecule has 0 aliphatic carbocycles. The predicted molar refractivity (Wildman–Crippen MR) is 90.7 cm³/mol. The number of carbonyl (C=O) groups is 2. The fraction of sp³-hybridized carbons (Fsp3) is 0.556. The quantitative estimate of drug-likeness (QED) is 0.904. The van der Waals surface area contributed by atoms with Crippen LogP contribution in [0.3, 0.4) is 0 Å². The highest BCUT2D eigenvalue weighted by Crippen LogP contribution is 2.43. The van der Waals surface area contributed by atoms with E-state index >= 15 is 0 Å². The second-order valence-electron chi connectivity index (χ2n) is 7.21. The number of hydrogen-bond acceptors (Lipinski definition) is 4. The largest absolute Gasteiger partial charge is 0.337 e. The van der Waals surface area contributed by atoms with E-state index in [4.69, 9.17) is 5.41 Å². The Hall–Kier alpha value is -2.24. The molecule has 2 saturated heterocycles. The molecule has 6 heteroatoms. The lowest BCUT2D eigenvalue weighted by atomic mass is 9.67. The molecule has 2 atom stereocenters. The summed E-state index contributed by atoms with van der Waals surface area (Å²) >= 11 is 0. The third-order valence-electron chi connectivity index (χ3n) is 5.48. The Balaban J connectivity index is 1.75. The summed E-state index contributed by atoms with van der Waals surface area (Å²) in [5.41, 5.74) is 0.222. The Morgan fingerprint density at radius 1 is 1.38 bits per heavy atom. The van der Waals surface area contributed by atoms with Crippen LogP contribution in [-0.4, -0.2) is 52.6 Å². The van der Waals surface area contributed by atoms with E-state index in [2.05, 4.69) is 11.9 Å². The predicted octanol–water partition coefficient (Wildman–Crippen LogP) is 2.17. The molecule has 24 heavy (non-hydrogen) atoms. The van der Waals surface area contributed by atoms with E-state index in [-0.39, 0.29) is 23.1 Å². The van der Waals surface area contributed by atoms with Crippen molar-refractivity contribution in [3.05, 3.63) is 30.1 Å². The van der Waals surface area contributed by atoms with Gasteiger partial charge in [0.2, 0.25) is 5.91 Å². The first-order chi connectivity index (χ1) is 11.4. The molecule has 3 heterocycles. The first-order valence-corrected chi connectivity index (χ1v) is 8.45. The van der Waals surface area contributed by atoms with Crippen LogP contribution in [-0.2, 0) is 4.79 Å². The summed E-state index contributed by atoms with van der Waals surface area (Å²) in [5.74, 6) is 0.569. The first kappa shape index (κ1) is 16.6. The zero-order chi connectivity index (χ0) is 17.3. The molecule has 0 spiro atoms. The topological polar surface area (TPSA) is 77.4 Å². The lowest BCUT2D eigenvalue weighted by Gasteiger charge is -2.46. The molecule has 1 aromatic heterocycles. The maximum Gasteiger partial charge on any atom is 0.272 e. The summed E-state index contributed by atoms with van der Waals surface area (Å²) in [5, 5.41) is 8.08. The molecule has 128 valence electrons. The van der Waals surface area contributed by atoms with E-state index in [1.165, 1.54) is 4.90 Å². The van der Waals surface area contributed by atoms with E-state index in [1.807, 2.05) is 11.0 Å². The van der Waals surface area contributed by atoms with Gasteiger partial charge in [0.1, 0.15) is 11.5 Å². The molecular weight excluding hydrogens is 304 g/mol. The van der Waals surface area contributed by atoms with Gasteiger partial charge in [-0.05, 0) is 36.3 Å². The number of likely N-dealkylation sites (tertiary alicyclic amines) is 2. The summed E-state index contributed by atoms with van der Waals surface area (Å²) in [4.78, 5) is 32.3. The highest BCUT2D eigenvalue weighted by atomic mass is 16.2. The Morgan fingerprint density at radius 3 is 2.83 bits per heavy atom.